The number of esters is 1. The van der Waals surface area contributed by atoms with Gasteiger partial charge in [0.1, 0.15) is 23.1 Å². The summed E-state index contributed by atoms with van der Waals surface area (Å²) in [6.07, 6.45) is 2.87. The first-order valence-electron chi connectivity index (χ1n) is 7.33. The summed E-state index contributed by atoms with van der Waals surface area (Å²) < 4.78 is 16.3. The second-order valence-corrected chi connectivity index (χ2v) is 6.60. The molecule has 0 unspecified atom stereocenters. The molecule has 0 spiro atoms. The van der Waals surface area contributed by atoms with Crippen LogP contribution < -0.4 is 4.74 Å². The Hall–Kier alpha value is -2.38. The van der Waals surface area contributed by atoms with Gasteiger partial charge in [0, 0.05) is 17.0 Å². The van der Waals surface area contributed by atoms with Gasteiger partial charge in [0.25, 0.3) is 0 Å². The number of hydrogen-bond donors (Lipinski definition) is 0. The van der Waals surface area contributed by atoms with Gasteiger partial charge in [-0.2, -0.15) is 0 Å². The number of thiazole rings is 1. The number of halogens is 1. The van der Waals surface area contributed by atoms with Crippen LogP contribution in [0.25, 0.3) is 16.6 Å². The van der Waals surface area contributed by atoms with Gasteiger partial charge in [0.2, 0.25) is 0 Å². The van der Waals surface area contributed by atoms with Crippen molar-refractivity contribution in [2.45, 2.75) is 6.61 Å². The van der Waals surface area contributed by atoms with Crippen LogP contribution in [-0.4, -0.2) is 18.1 Å². The Bertz CT molecular complexity index is 900. The first kappa shape index (κ1) is 17.4. The van der Waals surface area contributed by atoms with E-state index in [-0.39, 0.29) is 6.61 Å². The number of ether oxygens (including phenoxy) is 2. The molecule has 0 saturated heterocycles. The Morgan fingerprint density at radius 1 is 1.36 bits per heavy atom. The fourth-order valence-electron chi connectivity index (χ4n) is 2.02. The Labute approximate surface area is 157 Å². The van der Waals surface area contributed by atoms with Crippen molar-refractivity contribution >= 4 is 39.3 Å². The third kappa shape index (κ3) is 4.80. The first-order chi connectivity index (χ1) is 12.1. The second kappa shape index (κ2) is 8.13. The summed E-state index contributed by atoms with van der Waals surface area (Å²) in [7, 11) is 1.63. The lowest BCUT2D eigenvalue weighted by molar-refractivity contribution is -0.139. The smallest absolute Gasteiger partial charge is 0.331 e. The Morgan fingerprint density at radius 3 is 3.00 bits per heavy atom. The van der Waals surface area contributed by atoms with E-state index in [1.165, 1.54) is 17.4 Å². The van der Waals surface area contributed by atoms with E-state index in [9.17, 15) is 4.79 Å². The van der Waals surface area contributed by atoms with Gasteiger partial charge in [0.15, 0.2) is 4.67 Å². The van der Waals surface area contributed by atoms with E-state index in [0.29, 0.717) is 16.1 Å². The molecule has 0 amide bonds. The summed E-state index contributed by atoms with van der Waals surface area (Å²) in [6, 6.07) is 11.2. The molecule has 0 radical (unpaired) electrons. The van der Waals surface area contributed by atoms with Crippen LogP contribution >= 0.6 is 27.3 Å². The van der Waals surface area contributed by atoms with Gasteiger partial charge in [-0.1, -0.05) is 12.1 Å². The Morgan fingerprint density at radius 2 is 2.24 bits per heavy atom. The zero-order valence-electron chi connectivity index (χ0n) is 13.3. The number of furan rings is 1. The normalized spacial score (nSPS) is 11.0. The zero-order valence-corrected chi connectivity index (χ0v) is 15.7. The summed E-state index contributed by atoms with van der Waals surface area (Å²) >= 11 is 4.69. The number of aromatic nitrogens is 1. The maximum Gasteiger partial charge on any atom is 0.331 e. The zero-order chi connectivity index (χ0) is 17.6. The Balaban J connectivity index is 1.58. The summed E-state index contributed by atoms with van der Waals surface area (Å²) in [5.74, 6) is 0.886. The van der Waals surface area contributed by atoms with Crippen molar-refractivity contribution in [3.63, 3.8) is 0 Å². The number of rotatable bonds is 6. The number of carbonyl (C=O) groups excluding carboxylic acids is 1. The lowest BCUT2D eigenvalue weighted by Gasteiger charge is -2.01. The number of nitrogens with zero attached hydrogens (tertiary/aromatic N) is 1. The number of methoxy groups -OCH3 is 1. The van der Waals surface area contributed by atoms with Crippen molar-refractivity contribution in [3.8, 4) is 16.3 Å². The molecule has 3 rings (SSSR count). The van der Waals surface area contributed by atoms with Crippen LogP contribution in [0.2, 0.25) is 0 Å². The summed E-state index contributed by atoms with van der Waals surface area (Å²) in [5, 5.41) is 2.72. The number of benzene rings is 1. The van der Waals surface area contributed by atoms with Crippen molar-refractivity contribution < 1.29 is 18.7 Å². The molecule has 128 valence electrons. The molecule has 7 heteroatoms. The molecule has 0 bridgehead atoms. The highest BCUT2D eigenvalue weighted by Crippen LogP contribution is 2.27. The van der Waals surface area contributed by atoms with E-state index in [4.69, 9.17) is 13.9 Å². The van der Waals surface area contributed by atoms with Gasteiger partial charge in [-0.3, -0.25) is 0 Å². The van der Waals surface area contributed by atoms with Gasteiger partial charge in [0.05, 0.1) is 12.8 Å². The highest BCUT2D eigenvalue weighted by molar-refractivity contribution is 9.10. The lowest BCUT2D eigenvalue weighted by Crippen LogP contribution is -2.00. The van der Waals surface area contributed by atoms with E-state index >= 15 is 0 Å². The van der Waals surface area contributed by atoms with Crippen molar-refractivity contribution in [3.05, 3.63) is 64.0 Å². The van der Waals surface area contributed by atoms with Crippen LogP contribution in [0.15, 0.2) is 56.9 Å². The van der Waals surface area contributed by atoms with Crippen LogP contribution in [0.5, 0.6) is 5.75 Å². The van der Waals surface area contributed by atoms with E-state index in [2.05, 4.69) is 20.9 Å². The van der Waals surface area contributed by atoms with Gasteiger partial charge < -0.3 is 13.9 Å². The standard InChI is InChI=1S/C18H14BrNO4S/c1-22-15-4-2-3-12(9-15)18-20-13(11-25-18)10-23-17(21)8-6-14-5-7-16(19)24-14/h2-9,11H,10H2,1H3/b8-6+. The van der Waals surface area contributed by atoms with Gasteiger partial charge in [-0.15, -0.1) is 11.3 Å². The maximum atomic E-state index is 11.8. The molecule has 0 saturated carbocycles. The quantitative estimate of drug-likeness (QED) is 0.418. The lowest BCUT2D eigenvalue weighted by atomic mass is 10.2. The topological polar surface area (TPSA) is 61.6 Å². The minimum atomic E-state index is -0.455. The molecule has 0 atom stereocenters. The van der Waals surface area contributed by atoms with Crippen LogP contribution in [0.1, 0.15) is 11.5 Å². The van der Waals surface area contributed by atoms with Gasteiger partial charge in [-0.25, -0.2) is 9.78 Å². The third-order valence-electron chi connectivity index (χ3n) is 3.21. The minimum absolute atomic E-state index is 0.117. The third-order valence-corrected chi connectivity index (χ3v) is 4.57. The van der Waals surface area contributed by atoms with Crippen molar-refractivity contribution in [2.75, 3.05) is 7.11 Å². The summed E-state index contributed by atoms with van der Waals surface area (Å²) in [6.45, 7) is 0.117. The van der Waals surface area contributed by atoms with E-state index in [1.807, 2.05) is 29.6 Å². The van der Waals surface area contributed by atoms with Crippen LogP contribution in [0, 0.1) is 0 Å². The molecule has 0 aliphatic rings. The first-order valence-corrected chi connectivity index (χ1v) is 9.00. The SMILES string of the molecule is COc1cccc(-c2nc(COC(=O)/C=C/c3ccc(Br)o3)cs2)c1. The fraction of sp³-hybridized carbons (Fsp3) is 0.111. The number of hydrogen-bond acceptors (Lipinski definition) is 6. The van der Waals surface area contributed by atoms with Crippen molar-refractivity contribution in [2.24, 2.45) is 0 Å². The average Bonchev–Trinajstić information content (AvgIpc) is 3.27. The molecule has 0 fully saturated rings. The molecule has 0 N–H and O–H groups in total. The highest BCUT2D eigenvalue weighted by Gasteiger charge is 2.07. The molecule has 2 aromatic heterocycles. The summed E-state index contributed by atoms with van der Waals surface area (Å²) in [5.41, 5.74) is 1.66. The van der Waals surface area contributed by atoms with Crippen LogP contribution in [0.4, 0.5) is 0 Å². The van der Waals surface area contributed by atoms with Crippen LogP contribution in [0.3, 0.4) is 0 Å². The molecular formula is C18H14BrNO4S. The van der Waals surface area contributed by atoms with Crippen LogP contribution in [-0.2, 0) is 16.1 Å². The molecule has 3 aromatic rings. The van der Waals surface area contributed by atoms with E-state index < -0.39 is 5.97 Å². The Kier molecular flexibility index (Phi) is 5.67. The monoisotopic (exact) mass is 419 g/mol. The molecule has 1 aromatic carbocycles. The predicted molar refractivity (Wildman–Crippen MR) is 99.3 cm³/mol. The molecule has 5 nitrogen and oxygen atoms in total. The molecule has 0 aliphatic carbocycles. The second-order valence-electron chi connectivity index (χ2n) is 4.96. The minimum Gasteiger partial charge on any atom is -0.497 e. The molecule has 0 aliphatic heterocycles. The average molecular weight is 420 g/mol. The molecule has 2 heterocycles. The fourth-order valence-corrected chi connectivity index (χ4v) is 3.14. The molecule has 25 heavy (non-hydrogen) atoms. The van der Waals surface area contributed by atoms with Gasteiger partial charge >= 0.3 is 5.97 Å². The predicted octanol–water partition coefficient (Wildman–Crippen LogP) is 4.93. The molecular weight excluding hydrogens is 406 g/mol. The van der Waals surface area contributed by atoms with E-state index in [1.54, 1.807) is 25.3 Å². The number of carbonyl (C=O) groups is 1. The summed E-state index contributed by atoms with van der Waals surface area (Å²) in [4.78, 5) is 16.2. The maximum absolute atomic E-state index is 11.8. The van der Waals surface area contributed by atoms with Crippen molar-refractivity contribution in [1.29, 1.82) is 0 Å². The van der Waals surface area contributed by atoms with Crippen molar-refractivity contribution in [1.82, 2.24) is 4.98 Å². The highest BCUT2D eigenvalue weighted by atomic mass is 79.9. The van der Waals surface area contributed by atoms with E-state index in [0.717, 1.165) is 16.3 Å². The largest absolute Gasteiger partial charge is 0.497 e. The van der Waals surface area contributed by atoms with Gasteiger partial charge in [-0.05, 0) is 46.3 Å².